The van der Waals surface area contributed by atoms with Crippen LogP contribution in [-0.2, 0) is 5.33 Å². The van der Waals surface area contributed by atoms with Crippen LogP contribution < -0.4 is 0 Å². The van der Waals surface area contributed by atoms with E-state index in [1.807, 2.05) is 30.3 Å². The fourth-order valence-electron chi connectivity index (χ4n) is 2.44. The van der Waals surface area contributed by atoms with Crippen LogP contribution in [0.3, 0.4) is 0 Å². The first-order valence-electron chi connectivity index (χ1n) is 6.21. The van der Waals surface area contributed by atoms with Crippen molar-refractivity contribution < 1.29 is 0 Å². The number of rotatable bonds is 2. The predicted octanol–water partition coefficient (Wildman–Crippen LogP) is 5.92. The number of hydrogen-bond acceptors (Lipinski definition) is 1. The van der Waals surface area contributed by atoms with Crippen molar-refractivity contribution in [1.29, 1.82) is 5.26 Å². The van der Waals surface area contributed by atoms with Crippen molar-refractivity contribution in [3.05, 3.63) is 62.7 Å². The molecule has 5 heteroatoms. The van der Waals surface area contributed by atoms with Crippen LogP contribution in [0.1, 0.15) is 11.1 Å². The van der Waals surface area contributed by atoms with E-state index in [9.17, 15) is 5.26 Å². The van der Waals surface area contributed by atoms with Crippen LogP contribution in [0.5, 0.6) is 0 Å². The summed E-state index contributed by atoms with van der Waals surface area (Å²) in [4.78, 5) is 0. The molecule has 3 aromatic rings. The SMILES string of the molecule is N#Cc1ccccc1-n1c(Br)c(Br)c2c(CBr)cccc21. The molecule has 0 bridgehead atoms. The first kappa shape index (κ1) is 14.8. The molecular formula is C16H9Br3N2. The lowest BCUT2D eigenvalue weighted by Crippen LogP contribution is -1.97. The molecule has 2 aromatic carbocycles. The lowest BCUT2D eigenvalue weighted by molar-refractivity contribution is 1.08. The Kier molecular flexibility index (Phi) is 4.21. The number of nitrogens with zero attached hydrogens (tertiary/aromatic N) is 2. The Labute approximate surface area is 147 Å². The van der Waals surface area contributed by atoms with Gasteiger partial charge in [0.05, 0.1) is 21.2 Å². The molecule has 0 N–H and O–H groups in total. The van der Waals surface area contributed by atoms with Crippen LogP contribution in [0.15, 0.2) is 51.5 Å². The topological polar surface area (TPSA) is 28.7 Å². The lowest BCUT2D eigenvalue weighted by Gasteiger charge is -2.09. The Bertz CT molecular complexity index is 875. The van der Waals surface area contributed by atoms with E-state index in [4.69, 9.17) is 0 Å². The van der Waals surface area contributed by atoms with Crippen LogP contribution in [-0.4, -0.2) is 4.57 Å². The highest BCUT2D eigenvalue weighted by atomic mass is 79.9. The van der Waals surface area contributed by atoms with E-state index in [2.05, 4.69) is 70.6 Å². The van der Waals surface area contributed by atoms with Crippen molar-refractivity contribution in [3.8, 4) is 11.8 Å². The summed E-state index contributed by atoms with van der Waals surface area (Å²) in [5, 5.41) is 11.3. The zero-order valence-corrected chi connectivity index (χ0v) is 15.5. The van der Waals surface area contributed by atoms with Crippen molar-refractivity contribution in [2.75, 3.05) is 0 Å². The highest BCUT2D eigenvalue weighted by Crippen LogP contribution is 2.39. The first-order chi connectivity index (χ1) is 10.2. The van der Waals surface area contributed by atoms with Crippen LogP contribution >= 0.6 is 47.8 Å². The molecule has 21 heavy (non-hydrogen) atoms. The molecular weight excluding hydrogens is 460 g/mol. The largest absolute Gasteiger partial charge is 0.301 e. The summed E-state index contributed by atoms with van der Waals surface area (Å²) in [5.41, 5.74) is 3.78. The zero-order valence-electron chi connectivity index (χ0n) is 10.8. The number of hydrogen-bond donors (Lipinski definition) is 0. The highest BCUT2D eigenvalue weighted by Gasteiger charge is 2.18. The smallest absolute Gasteiger partial charge is 0.105 e. The summed E-state index contributed by atoms with van der Waals surface area (Å²) in [6, 6.07) is 16.0. The number of fused-ring (bicyclic) bond motifs is 1. The molecule has 1 aromatic heterocycles. The second-order valence-corrected chi connectivity index (χ2v) is 6.62. The Hall–Kier alpha value is -1.09. The minimum Gasteiger partial charge on any atom is -0.301 e. The number of benzene rings is 2. The van der Waals surface area contributed by atoms with Gasteiger partial charge >= 0.3 is 0 Å². The quantitative estimate of drug-likeness (QED) is 0.429. The van der Waals surface area contributed by atoms with Crippen molar-refractivity contribution in [2.45, 2.75) is 5.33 Å². The standard InChI is InChI=1S/C16H9Br3N2/c17-8-10-5-3-7-13-14(10)15(18)16(19)21(13)12-6-2-1-4-11(12)9-20/h1-7H,8H2. The summed E-state index contributed by atoms with van der Waals surface area (Å²) in [7, 11) is 0. The fourth-order valence-corrected chi connectivity index (χ4v) is 4.13. The van der Waals surface area contributed by atoms with E-state index in [1.165, 1.54) is 5.56 Å². The second kappa shape index (κ2) is 5.96. The molecule has 0 spiro atoms. The van der Waals surface area contributed by atoms with Crippen molar-refractivity contribution in [1.82, 2.24) is 4.57 Å². The van der Waals surface area contributed by atoms with Gasteiger partial charge in [-0.15, -0.1) is 0 Å². The van der Waals surface area contributed by atoms with Gasteiger partial charge in [-0.05, 0) is 55.6 Å². The first-order valence-corrected chi connectivity index (χ1v) is 8.92. The predicted molar refractivity (Wildman–Crippen MR) is 96.0 cm³/mol. The minimum atomic E-state index is 0.645. The van der Waals surface area contributed by atoms with Crippen molar-refractivity contribution >= 4 is 58.7 Å². The van der Waals surface area contributed by atoms with Crippen molar-refractivity contribution in [2.24, 2.45) is 0 Å². The van der Waals surface area contributed by atoms with Crippen LogP contribution in [0, 0.1) is 11.3 Å². The summed E-state index contributed by atoms with van der Waals surface area (Å²) in [5.74, 6) is 0. The van der Waals surface area contributed by atoms with E-state index in [0.29, 0.717) is 5.56 Å². The molecule has 2 nitrogen and oxygen atoms in total. The third-order valence-corrected chi connectivity index (χ3v) is 6.04. The Morgan fingerprint density at radius 2 is 1.81 bits per heavy atom. The Morgan fingerprint density at radius 3 is 2.52 bits per heavy atom. The van der Waals surface area contributed by atoms with Gasteiger partial charge in [0.1, 0.15) is 10.7 Å². The number of nitriles is 1. The van der Waals surface area contributed by atoms with Gasteiger partial charge in [-0.25, -0.2) is 0 Å². The van der Waals surface area contributed by atoms with Crippen LogP contribution in [0.2, 0.25) is 0 Å². The Morgan fingerprint density at radius 1 is 1.05 bits per heavy atom. The van der Waals surface area contributed by atoms with Gasteiger partial charge in [0.2, 0.25) is 0 Å². The summed E-state index contributed by atoms with van der Waals surface area (Å²) < 4.78 is 3.97. The lowest BCUT2D eigenvalue weighted by atomic mass is 10.1. The summed E-state index contributed by atoms with van der Waals surface area (Å²) in [6.45, 7) is 0. The van der Waals surface area contributed by atoms with Crippen LogP contribution in [0.25, 0.3) is 16.6 Å². The fraction of sp³-hybridized carbons (Fsp3) is 0.0625. The second-order valence-electron chi connectivity index (χ2n) is 4.51. The molecule has 0 fully saturated rings. The molecule has 0 radical (unpaired) electrons. The monoisotopic (exact) mass is 466 g/mol. The van der Waals surface area contributed by atoms with Gasteiger partial charge in [-0.1, -0.05) is 40.2 Å². The highest BCUT2D eigenvalue weighted by molar-refractivity contribution is 9.13. The van der Waals surface area contributed by atoms with E-state index in [1.54, 1.807) is 0 Å². The molecule has 0 aliphatic carbocycles. The van der Waals surface area contributed by atoms with Gasteiger partial charge in [0.25, 0.3) is 0 Å². The van der Waals surface area contributed by atoms with Crippen molar-refractivity contribution in [3.63, 3.8) is 0 Å². The molecule has 1 heterocycles. The van der Waals surface area contributed by atoms with Gasteiger partial charge in [-0.2, -0.15) is 5.26 Å². The molecule has 0 unspecified atom stereocenters. The van der Waals surface area contributed by atoms with E-state index in [-0.39, 0.29) is 0 Å². The third-order valence-electron chi connectivity index (χ3n) is 3.38. The van der Waals surface area contributed by atoms with Gasteiger partial charge < -0.3 is 4.57 Å². The molecule has 0 saturated carbocycles. The van der Waals surface area contributed by atoms with E-state index >= 15 is 0 Å². The molecule has 0 aliphatic rings. The maximum Gasteiger partial charge on any atom is 0.105 e. The van der Waals surface area contributed by atoms with E-state index in [0.717, 1.165) is 31.0 Å². The van der Waals surface area contributed by atoms with Crippen LogP contribution in [0.4, 0.5) is 0 Å². The van der Waals surface area contributed by atoms with Gasteiger partial charge in [0.15, 0.2) is 0 Å². The average Bonchev–Trinajstić information content (AvgIpc) is 2.79. The summed E-state index contributed by atoms with van der Waals surface area (Å²) in [6.07, 6.45) is 0. The van der Waals surface area contributed by atoms with E-state index < -0.39 is 0 Å². The van der Waals surface area contributed by atoms with Gasteiger partial charge in [-0.3, -0.25) is 0 Å². The normalized spacial score (nSPS) is 10.8. The molecule has 0 aliphatic heterocycles. The Balaban J connectivity index is 2.45. The molecule has 3 rings (SSSR count). The zero-order chi connectivity index (χ0) is 15.0. The molecule has 0 atom stereocenters. The minimum absolute atomic E-state index is 0.645. The third kappa shape index (κ3) is 2.36. The number of alkyl halides is 1. The maximum absolute atomic E-state index is 9.35. The average molecular weight is 469 g/mol. The molecule has 0 amide bonds. The molecule has 0 saturated heterocycles. The molecule has 104 valence electrons. The number of para-hydroxylation sites is 1. The van der Waals surface area contributed by atoms with Gasteiger partial charge in [0, 0.05) is 10.7 Å². The number of halogens is 3. The summed E-state index contributed by atoms with van der Waals surface area (Å²) >= 11 is 10.8. The maximum atomic E-state index is 9.35. The number of aromatic nitrogens is 1.